The molecule has 0 fully saturated rings. The molecule has 1 atom stereocenters. The number of amides is 1. The van der Waals surface area contributed by atoms with Crippen LogP contribution in [0.4, 0.5) is 10.1 Å². The van der Waals surface area contributed by atoms with Crippen LogP contribution in [0.15, 0.2) is 18.2 Å². The van der Waals surface area contributed by atoms with E-state index in [1.165, 1.54) is 6.92 Å². The summed E-state index contributed by atoms with van der Waals surface area (Å²) in [5, 5.41) is 21.5. The molecule has 7 nitrogen and oxygen atoms in total. The van der Waals surface area contributed by atoms with Crippen molar-refractivity contribution in [2.45, 2.75) is 13.3 Å². The van der Waals surface area contributed by atoms with Gasteiger partial charge in [-0.25, -0.2) is 4.39 Å². The number of halogens is 1. The fourth-order valence-electron chi connectivity index (χ4n) is 1.42. The first-order valence-corrected chi connectivity index (χ1v) is 5.78. The average Bonchev–Trinajstić information content (AvgIpc) is 2.38. The fraction of sp³-hybridized carbons (Fsp3) is 0.333. The maximum atomic E-state index is 13.4. The Morgan fingerprint density at radius 1 is 1.50 bits per heavy atom. The number of hydrogen-bond acceptors (Lipinski definition) is 4. The predicted molar refractivity (Wildman–Crippen MR) is 66.8 cm³/mol. The first-order valence-electron chi connectivity index (χ1n) is 5.78. The van der Waals surface area contributed by atoms with Gasteiger partial charge in [0.15, 0.2) is 0 Å². The van der Waals surface area contributed by atoms with Gasteiger partial charge in [-0.2, -0.15) is 0 Å². The Morgan fingerprint density at radius 3 is 2.70 bits per heavy atom. The van der Waals surface area contributed by atoms with E-state index in [-0.39, 0.29) is 13.0 Å². The van der Waals surface area contributed by atoms with E-state index >= 15 is 0 Å². The number of carboxylic acid groups (broad SMARTS) is 1. The van der Waals surface area contributed by atoms with Gasteiger partial charge >= 0.3 is 5.97 Å². The number of aliphatic carboxylic acids is 1. The summed E-state index contributed by atoms with van der Waals surface area (Å²) in [6.07, 6.45) is 0.178. The minimum atomic E-state index is -0.999. The molecule has 0 bridgehead atoms. The van der Waals surface area contributed by atoms with Gasteiger partial charge in [-0.05, 0) is 12.5 Å². The number of rotatable bonds is 6. The van der Waals surface area contributed by atoms with E-state index in [1.54, 1.807) is 0 Å². The van der Waals surface area contributed by atoms with E-state index < -0.39 is 39.8 Å². The van der Waals surface area contributed by atoms with E-state index in [0.717, 1.165) is 18.2 Å². The van der Waals surface area contributed by atoms with E-state index in [1.807, 2.05) is 0 Å². The van der Waals surface area contributed by atoms with Crippen LogP contribution in [0.2, 0.25) is 0 Å². The first-order chi connectivity index (χ1) is 9.32. The second-order valence-corrected chi connectivity index (χ2v) is 4.21. The molecular weight excluding hydrogens is 271 g/mol. The summed E-state index contributed by atoms with van der Waals surface area (Å²) in [5.41, 5.74) is -0.836. The minimum Gasteiger partial charge on any atom is -0.481 e. The minimum absolute atomic E-state index is 0.0361. The van der Waals surface area contributed by atoms with Gasteiger partial charge in [0, 0.05) is 18.7 Å². The third-order valence-electron chi connectivity index (χ3n) is 2.69. The normalized spacial score (nSPS) is 11.7. The zero-order chi connectivity index (χ0) is 15.3. The summed E-state index contributed by atoms with van der Waals surface area (Å²) in [6, 6.07) is 2.64. The second kappa shape index (κ2) is 6.60. The second-order valence-electron chi connectivity index (χ2n) is 4.21. The van der Waals surface area contributed by atoms with Crippen molar-refractivity contribution in [3.63, 3.8) is 0 Å². The molecule has 0 aliphatic heterocycles. The van der Waals surface area contributed by atoms with Gasteiger partial charge in [0.1, 0.15) is 5.82 Å². The van der Waals surface area contributed by atoms with Crippen LogP contribution >= 0.6 is 0 Å². The molecule has 0 heterocycles. The van der Waals surface area contributed by atoms with Crippen LogP contribution in [-0.2, 0) is 4.79 Å². The average molecular weight is 284 g/mol. The quantitative estimate of drug-likeness (QED) is 0.608. The van der Waals surface area contributed by atoms with Crippen molar-refractivity contribution in [2.24, 2.45) is 5.92 Å². The van der Waals surface area contributed by atoms with Crippen LogP contribution < -0.4 is 5.32 Å². The molecule has 0 aliphatic carbocycles. The predicted octanol–water partition coefficient (Wildman–Crippen LogP) is 1.57. The summed E-state index contributed by atoms with van der Waals surface area (Å²) in [7, 11) is 0. The summed E-state index contributed by atoms with van der Waals surface area (Å²) in [5.74, 6) is -3.34. The fourth-order valence-corrected chi connectivity index (χ4v) is 1.42. The Kier molecular flexibility index (Phi) is 5.13. The summed E-state index contributed by atoms with van der Waals surface area (Å²) in [6.45, 7) is 1.51. The van der Waals surface area contributed by atoms with Crippen molar-refractivity contribution in [2.75, 3.05) is 6.54 Å². The van der Waals surface area contributed by atoms with Crippen molar-refractivity contribution < 1.29 is 24.0 Å². The van der Waals surface area contributed by atoms with Gasteiger partial charge in [0.25, 0.3) is 11.6 Å². The Balaban J connectivity index is 2.70. The van der Waals surface area contributed by atoms with Gasteiger partial charge < -0.3 is 10.4 Å². The van der Waals surface area contributed by atoms with E-state index in [4.69, 9.17) is 5.11 Å². The Morgan fingerprint density at radius 2 is 2.15 bits per heavy atom. The largest absolute Gasteiger partial charge is 0.481 e. The van der Waals surface area contributed by atoms with Gasteiger partial charge in [0.05, 0.1) is 16.4 Å². The number of carbonyl (C=O) groups is 2. The highest BCUT2D eigenvalue weighted by molar-refractivity contribution is 5.95. The standard InChI is InChI=1S/C12H13FN2O5/c1-7(12(17)18)4-5-14-11(16)9-6-8(15(19)20)2-3-10(9)13/h2-3,6-7H,4-5H2,1H3,(H,14,16)(H,17,18). The van der Waals surface area contributed by atoms with Gasteiger partial charge in [-0.15, -0.1) is 0 Å². The lowest BCUT2D eigenvalue weighted by molar-refractivity contribution is -0.384. The lowest BCUT2D eigenvalue weighted by Crippen LogP contribution is -2.27. The lowest BCUT2D eigenvalue weighted by atomic mass is 10.1. The molecule has 1 unspecified atom stereocenters. The molecule has 2 N–H and O–H groups in total. The van der Waals surface area contributed by atoms with E-state index in [9.17, 15) is 24.1 Å². The number of nitro benzene ring substituents is 1. The number of non-ortho nitro benzene ring substituents is 1. The van der Waals surface area contributed by atoms with Crippen molar-refractivity contribution in [3.8, 4) is 0 Å². The number of benzene rings is 1. The number of nitrogens with one attached hydrogen (secondary N) is 1. The molecule has 1 rings (SSSR count). The maximum absolute atomic E-state index is 13.4. The van der Waals surface area contributed by atoms with Crippen LogP contribution in [0.5, 0.6) is 0 Å². The number of carboxylic acids is 1. The van der Waals surface area contributed by atoms with Crippen molar-refractivity contribution in [1.29, 1.82) is 0 Å². The molecular formula is C12H13FN2O5. The number of hydrogen-bond donors (Lipinski definition) is 2. The molecule has 8 heteroatoms. The Hall–Kier alpha value is -2.51. The number of nitrogens with zero attached hydrogens (tertiary/aromatic N) is 1. The molecule has 1 aromatic carbocycles. The molecule has 0 saturated heterocycles. The molecule has 1 aromatic rings. The number of carbonyl (C=O) groups excluding carboxylic acids is 1. The highest BCUT2D eigenvalue weighted by Crippen LogP contribution is 2.16. The van der Waals surface area contributed by atoms with Crippen LogP contribution in [0.3, 0.4) is 0 Å². The van der Waals surface area contributed by atoms with Crippen molar-refractivity contribution >= 4 is 17.6 Å². The van der Waals surface area contributed by atoms with Crippen molar-refractivity contribution in [1.82, 2.24) is 5.32 Å². The monoisotopic (exact) mass is 284 g/mol. The first kappa shape index (κ1) is 15.5. The number of nitro groups is 1. The summed E-state index contributed by atoms with van der Waals surface area (Å²) < 4.78 is 13.4. The highest BCUT2D eigenvalue weighted by atomic mass is 19.1. The molecule has 0 radical (unpaired) electrons. The maximum Gasteiger partial charge on any atom is 0.306 e. The van der Waals surface area contributed by atoms with Crippen LogP contribution in [-0.4, -0.2) is 28.5 Å². The topological polar surface area (TPSA) is 110 Å². The Labute approximate surface area is 113 Å². The van der Waals surface area contributed by atoms with Crippen LogP contribution in [0.1, 0.15) is 23.7 Å². The molecule has 0 spiro atoms. The molecule has 0 aromatic heterocycles. The summed E-state index contributed by atoms with van der Waals surface area (Å²) >= 11 is 0. The molecule has 108 valence electrons. The van der Waals surface area contributed by atoms with Gasteiger partial charge in [-0.1, -0.05) is 6.92 Å². The van der Waals surface area contributed by atoms with Gasteiger partial charge in [0.2, 0.25) is 0 Å². The Bertz CT molecular complexity index is 547. The lowest BCUT2D eigenvalue weighted by Gasteiger charge is -2.08. The third-order valence-corrected chi connectivity index (χ3v) is 2.69. The molecule has 0 saturated carbocycles. The van der Waals surface area contributed by atoms with E-state index in [2.05, 4.69) is 5.32 Å². The SMILES string of the molecule is CC(CCNC(=O)c1cc([N+](=O)[O-])ccc1F)C(=O)O. The molecule has 1 amide bonds. The molecule has 0 aliphatic rings. The van der Waals surface area contributed by atoms with Crippen LogP contribution in [0, 0.1) is 21.8 Å². The summed E-state index contributed by atoms with van der Waals surface area (Å²) in [4.78, 5) is 32.1. The third kappa shape index (κ3) is 4.01. The zero-order valence-electron chi connectivity index (χ0n) is 10.6. The molecule has 20 heavy (non-hydrogen) atoms. The highest BCUT2D eigenvalue weighted by Gasteiger charge is 2.17. The zero-order valence-corrected chi connectivity index (χ0v) is 10.6. The van der Waals surface area contributed by atoms with E-state index in [0.29, 0.717) is 0 Å². The smallest absolute Gasteiger partial charge is 0.306 e. The van der Waals surface area contributed by atoms with Crippen molar-refractivity contribution in [3.05, 3.63) is 39.7 Å². The van der Waals surface area contributed by atoms with Gasteiger partial charge in [-0.3, -0.25) is 19.7 Å². The van der Waals surface area contributed by atoms with Crippen LogP contribution in [0.25, 0.3) is 0 Å².